The van der Waals surface area contributed by atoms with Crippen molar-refractivity contribution in [3.05, 3.63) is 0 Å². The van der Waals surface area contributed by atoms with Gasteiger partial charge in [0.15, 0.2) is 0 Å². The van der Waals surface area contributed by atoms with E-state index in [1.807, 2.05) is 13.8 Å². The van der Waals surface area contributed by atoms with Crippen molar-refractivity contribution in [1.82, 2.24) is 15.1 Å². The SMILES string of the molecule is CC(C)NC(=O)C1CCCCN1C(=O)C1CCCN1C(=O)CCOC=O. The van der Waals surface area contributed by atoms with Gasteiger partial charge in [0.1, 0.15) is 12.1 Å². The van der Waals surface area contributed by atoms with Crippen LogP contribution in [0.1, 0.15) is 52.4 Å². The number of hydrogen-bond donors (Lipinski definition) is 1. The molecule has 8 heteroatoms. The third kappa shape index (κ3) is 4.95. The molecule has 0 bridgehead atoms. The molecule has 2 heterocycles. The summed E-state index contributed by atoms with van der Waals surface area (Å²) in [6.07, 6.45) is 3.86. The maximum absolute atomic E-state index is 13.1. The van der Waals surface area contributed by atoms with Gasteiger partial charge in [-0.05, 0) is 46.0 Å². The van der Waals surface area contributed by atoms with Crippen LogP contribution >= 0.6 is 0 Å². The number of rotatable bonds is 7. The number of likely N-dealkylation sites (tertiary alicyclic amines) is 2. The molecule has 2 aliphatic rings. The molecule has 2 saturated heterocycles. The van der Waals surface area contributed by atoms with Crippen LogP contribution in [0.25, 0.3) is 0 Å². The summed E-state index contributed by atoms with van der Waals surface area (Å²) in [7, 11) is 0. The number of amides is 3. The molecule has 2 aliphatic heterocycles. The Bertz CT molecular complexity index is 537. The standard InChI is InChI=1S/C18H29N3O5/c1-13(2)19-17(24)14-6-3-4-9-21(14)18(25)15-7-5-10-20(15)16(23)8-11-26-12-22/h12-15H,3-11H2,1-2H3,(H,19,24). The van der Waals surface area contributed by atoms with E-state index in [9.17, 15) is 19.2 Å². The highest BCUT2D eigenvalue weighted by atomic mass is 16.5. The number of piperidine rings is 1. The zero-order chi connectivity index (χ0) is 19.1. The van der Waals surface area contributed by atoms with Crippen LogP contribution in [0.2, 0.25) is 0 Å². The molecule has 26 heavy (non-hydrogen) atoms. The summed E-state index contributed by atoms with van der Waals surface area (Å²) in [5.41, 5.74) is 0. The van der Waals surface area contributed by atoms with Gasteiger partial charge in [0.2, 0.25) is 17.7 Å². The molecule has 2 rings (SSSR count). The summed E-state index contributed by atoms with van der Waals surface area (Å²) in [6, 6.07) is -0.968. The molecular formula is C18H29N3O5. The van der Waals surface area contributed by atoms with E-state index < -0.39 is 12.1 Å². The first-order valence-corrected chi connectivity index (χ1v) is 9.41. The van der Waals surface area contributed by atoms with Crippen molar-refractivity contribution in [2.24, 2.45) is 0 Å². The van der Waals surface area contributed by atoms with Crippen molar-refractivity contribution in [3.63, 3.8) is 0 Å². The number of carbonyl (C=O) groups is 4. The molecule has 1 N–H and O–H groups in total. The Balaban J connectivity index is 2.05. The molecule has 0 aromatic rings. The minimum Gasteiger partial charge on any atom is -0.467 e. The quantitative estimate of drug-likeness (QED) is 0.520. The van der Waals surface area contributed by atoms with E-state index in [4.69, 9.17) is 0 Å². The minimum atomic E-state index is -0.522. The monoisotopic (exact) mass is 367 g/mol. The molecule has 0 spiro atoms. The van der Waals surface area contributed by atoms with Crippen LogP contribution in [0, 0.1) is 0 Å². The molecule has 2 fully saturated rings. The predicted molar refractivity (Wildman–Crippen MR) is 94.0 cm³/mol. The third-order valence-corrected chi connectivity index (χ3v) is 4.88. The van der Waals surface area contributed by atoms with Crippen LogP contribution in [0.3, 0.4) is 0 Å². The Labute approximate surface area is 154 Å². The third-order valence-electron chi connectivity index (χ3n) is 4.88. The fourth-order valence-corrected chi connectivity index (χ4v) is 3.70. The average molecular weight is 367 g/mol. The number of hydrogen-bond acceptors (Lipinski definition) is 5. The molecule has 3 amide bonds. The molecule has 0 saturated carbocycles. The van der Waals surface area contributed by atoms with Crippen LogP contribution in [-0.2, 0) is 23.9 Å². The van der Waals surface area contributed by atoms with Crippen LogP contribution in [0.4, 0.5) is 0 Å². The maximum atomic E-state index is 13.1. The summed E-state index contributed by atoms with van der Waals surface area (Å²) >= 11 is 0. The lowest BCUT2D eigenvalue weighted by Crippen LogP contribution is -2.57. The molecule has 0 aliphatic carbocycles. The maximum Gasteiger partial charge on any atom is 0.293 e. The fourth-order valence-electron chi connectivity index (χ4n) is 3.70. The first-order chi connectivity index (χ1) is 12.5. The first-order valence-electron chi connectivity index (χ1n) is 9.41. The zero-order valence-corrected chi connectivity index (χ0v) is 15.6. The molecule has 0 radical (unpaired) electrons. The van der Waals surface area contributed by atoms with E-state index in [-0.39, 0.29) is 36.8 Å². The Kier molecular flexibility index (Phi) is 7.41. The number of nitrogens with one attached hydrogen (secondary N) is 1. The molecule has 0 aromatic heterocycles. The summed E-state index contributed by atoms with van der Waals surface area (Å²) < 4.78 is 4.58. The van der Waals surface area contributed by atoms with Crippen molar-refractivity contribution in [1.29, 1.82) is 0 Å². The lowest BCUT2D eigenvalue weighted by atomic mass is 9.99. The summed E-state index contributed by atoms with van der Waals surface area (Å²) in [5.74, 6) is -0.457. The number of nitrogens with zero attached hydrogens (tertiary/aromatic N) is 2. The summed E-state index contributed by atoms with van der Waals surface area (Å²) in [6.45, 7) is 5.18. The second kappa shape index (κ2) is 9.54. The molecule has 8 nitrogen and oxygen atoms in total. The van der Waals surface area contributed by atoms with Gasteiger partial charge in [0, 0.05) is 19.1 Å². The van der Waals surface area contributed by atoms with E-state index in [0.29, 0.717) is 32.4 Å². The van der Waals surface area contributed by atoms with Gasteiger partial charge in [-0.25, -0.2) is 0 Å². The molecule has 146 valence electrons. The van der Waals surface area contributed by atoms with Gasteiger partial charge in [-0.3, -0.25) is 19.2 Å². The van der Waals surface area contributed by atoms with E-state index in [0.717, 1.165) is 19.3 Å². The van der Waals surface area contributed by atoms with Crippen molar-refractivity contribution in [2.75, 3.05) is 19.7 Å². The van der Waals surface area contributed by atoms with Crippen molar-refractivity contribution < 1.29 is 23.9 Å². The largest absolute Gasteiger partial charge is 0.467 e. The minimum absolute atomic E-state index is 0.0167. The van der Waals surface area contributed by atoms with Gasteiger partial charge in [0.05, 0.1) is 13.0 Å². The van der Waals surface area contributed by atoms with Crippen LogP contribution in [-0.4, -0.2) is 71.8 Å². The lowest BCUT2D eigenvalue weighted by molar-refractivity contribution is -0.150. The van der Waals surface area contributed by atoms with E-state index >= 15 is 0 Å². The van der Waals surface area contributed by atoms with Gasteiger partial charge < -0.3 is 19.9 Å². The predicted octanol–water partition coefficient (Wildman–Crippen LogP) is 0.446. The molecule has 2 unspecified atom stereocenters. The highest BCUT2D eigenvalue weighted by Crippen LogP contribution is 2.25. The Morgan fingerprint density at radius 1 is 1.08 bits per heavy atom. The average Bonchev–Trinajstić information content (AvgIpc) is 3.10. The van der Waals surface area contributed by atoms with Gasteiger partial charge in [-0.15, -0.1) is 0 Å². The van der Waals surface area contributed by atoms with E-state index in [1.165, 1.54) is 0 Å². The Morgan fingerprint density at radius 2 is 1.77 bits per heavy atom. The molecule has 2 atom stereocenters. The van der Waals surface area contributed by atoms with Crippen molar-refractivity contribution >= 4 is 24.2 Å². The van der Waals surface area contributed by atoms with Crippen molar-refractivity contribution in [3.8, 4) is 0 Å². The van der Waals surface area contributed by atoms with Gasteiger partial charge >= 0.3 is 0 Å². The normalized spacial score (nSPS) is 23.0. The highest BCUT2D eigenvalue weighted by Gasteiger charge is 2.40. The van der Waals surface area contributed by atoms with E-state index in [2.05, 4.69) is 10.1 Å². The molecule has 0 aromatic carbocycles. The lowest BCUT2D eigenvalue weighted by Gasteiger charge is -2.38. The number of carbonyl (C=O) groups excluding carboxylic acids is 4. The summed E-state index contributed by atoms with van der Waals surface area (Å²) in [4.78, 5) is 51.4. The summed E-state index contributed by atoms with van der Waals surface area (Å²) in [5, 5.41) is 2.89. The Hall–Kier alpha value is -2.12. The number of ether oxygens (including phenoxy) is 1. The zero-order valence-electron chi connectivity index (χ0n) is 15.6. The Morgan fingerprint density at radius 3 is 2.46 bits per heavy atom. The second-order valence-corrected chi connectivity index (χ2v) is 7.17. The molecular weight excluding hydrogens is 338 g/mol. The van der Waals surface area contributed by atoms with E-state index in [1.54, 1.807) is 9.80 Å². The van der Waals surface area contributed by atoms with Crippen LogP contribution in [0.5, 0.6) is 0 Å². The van der Waals surface area contributed by atoms with Gasteiger partial charge in [-0.2, -0.15) is 0 Å². The second-order valence-electron chi connectivity index (χ2n) is 7.17. The highest BCUT2D eigenvalue weighted by molar-refractivity contribution is 5.92. The first kappa shape index (κ1) is 20.2. The van der Waals surface area contributed by atoms with Gasteiger partial charge in [0.25, 0.3) is 6.47 Å². The van der Waals surface area contributed by atoms with Crippen LogP contribution < -0.4 is 5.32 Å². The topological polar surface area (TPSA) is 96.0 Å². The van der Waals surface area contributed by atoms with Gasteiger partial charge in [-0.1, -0.05) is 0 Å². The smallest absolute Gasteiger partial charge is 0.293 e. The fraction of sp³-hybridized carbons (Fsp3) is 0.778. The van der Waals surface area contributed by atoms with Crippen molar-refractivity contribution in [2.45, 2.75) is 70.5 Å². The van der Waals surface area contributed by atoms with Crippen LogP contribution in [0.15, 0.2) is 0 Å².